The van der Waals surface area contributed by atoms with Crippen LogP contribution in [0, 0.1) is 0 Å². The molecule has 0 spiro atoms. The maximum Gasteiger partial charge on any atom is 0.245 e. The minimum absolute atomic E-state index is 0.0334. The van der Waals surface area contributed by atoms with E-state index in [4.69, 9.17) is 28.9 Å². The number of sulfonamides is 1. The van der Waals surface area contributed by atoms with Gasteiger partial charge in [0.25, 0.3) is 0 Å². The van der Waals surface area contributed by atoms with Gasteiger partial charge in [0.05, 0.1) is 5.02 Å². The Hall–Kier alpha value is -0.590. The molecule has 0 heterocycles. The van der Waals surface area contributed by atoms with Crippen molar-refractivity contribution >= 4 is 33.2 Å². The first-order valence-corrected chi connectivity index (χ1v) is 8.42. The Labute approximate surface area is 129 Å². The van der Waals surface area contributed by atoms with Crippen molar-refractivity contribution in [3.8, 4) is 0 Å². The number of benzene rings is 1. The van der Waals surface area contributed by atoms with Crippen molar-refractivity contribution in [1.82, 2.24) is 4.31 Å². The average Bonchev–Trinajstić information content (AvgIpc) is 3.19. The van der Waals surface area contributed by atoms with Crippen LogP contribution in [0.15, 0.2) is 29.7 Å². The van der Waals surface area contributed by atoms with Gasteiger partial charge < -0.3 is 5.73 Å². The van der Waals surface area contributed by atoms with Gasteiger partial charge in [-0.05, 0) is 30.5 Å². The van der Waals surface area contributed by atoms with Gasteiger partial charge in [-0.15, -0.1) is 6.58 Å². The van der Waals surface area contributed by atoms with Crippen LogP contribution in [0.1, 0.15) is 18.4 Å². The zero-order valence-electron chi connectivity index (χ0n) is 10.9. The van der Waals surface area contributed by atoms with E-state index in [0.717, 1.165) is 12.8 Å². The van der Waals surface area contributed by atoms with E-state index in [2.05, 4.69) is 6.58 Å². The summed E-state index contributed by atoms with van der Waals surface area (Å²) in [6.07, 6.45) is 3.30. The number of rotatable bonds is 6. The monoisotopic (exact) mass is 334 g/mol. The fraction of sp³-hybridized carbons (Fsp3) is 0.385. The molecule has 0 aromatic heterocycles. The SMILES string of the molecule is C=CCN(C1CC1)S(=O)(=O)c1cc(CN)c(Cl)cc1Cl. The molecule has 0 amide bonds. The molecule has 1 fully saturated rings. The molecule has 0 atom stereocenters. The van der Waals surface area contributed by atoms with Crippen LogP contribution in [-0.4, -0.2) is 25.3 Å². The molecule has 2 N–H and O–H groups in total. The van der Waals surface area contributed by atoms with Gasteiger partial charge in [-0.1, -0.05) is 29.3 Å². The second-order valence-corrected chi connectivity index (χ2v) is 7.35. The maximum absolute atomic E-state index is 12.7. The van der Waals surface area contributed by atoms with E-state index in [0.29, 0.717) is 10.6 Å². The lowest BCUT2D eigenvalue weighted by Gasteiger charge is -2.21. The lowest BCUT2D eigenvalue weighted by Crippen LogP contribution is -2.33. The van der Waals surface area contributed by atoms with Crippen LogP contribution in [-0.2, 0) is 16.6 Å². The number of nitrogens with zero attached hydrogens (tertiary/aromatic N) is 1. The molecule has 1 aliphatic carbocycles. The number of halogens is 2. The van der Waals surface area contributed by atoms with Gasteiger partial charge >= 0.3 is 0 Å². The van der Waals surface area contributed by atoms with Crippen molar-refractivity contribution in [3.05, 3.63) is 40.4 Å². The van der Waals surface area contributed by atoms with Gasteiger partial charge in [0, 0.05) is 24.2 Å². The molecule has 20 heavy (non-hydrogen) atoms. The highest BCUT2D eigenvalue weighted by Crippen LogP contribution is 2.36. The van der Waals surface area contributed by atoms with Crippen LogP contribution in [0.3, 0.4) is 0 Å². The van der Waals surface area contributed by atoms with Gasteiger partial charge in [0.2, 0.25) is 10.0 Å². The van der Waals surface area contributed by atoms with Crippen LogP contribution in [0.25, 0.3) is 0 Å². The first-order chi connectivity index (χ1) is 9.41. The molecule has 7 heteroatoms. The Morgan fingerprint density at radius 3 is 2.50 bits per heavy atom. The van der Waals surface area contributed by atoms with E-state index >= 15 is 0 Å². The van der Waals surface area contributed by atoms with Crippen LogP contribution >= 0.6 is 23.2 Å². The Morgan fingerprint density at radius 1 is 1.35 bits per heavy atom. The van der Waals surface area contributed by atoms with Gasteiger partial charge in [0.1, 0.15) is 4.90 Å². The summed E-state index contributed by atoms with van der Waals surface area (Å²) in [4.78, 5) is 0.0535. The summed E-state index contributed by atoms with van der Waals surface area (Å²) in [5, 5.41) is 0.486. The van der Waals surface area contributed by atoms with E-state index in [9.17, 15) is 8.42 Å². The van der Waals surface area contributed by atoms with E-state index < -0.39 is 10.0 Å². The van der Waals surface area contributed by atoms with Gasteiger partial charge in [-0.25, -0.2) is 8.42 Å². The van der Waals surface area contributed by atoms with Crippen molar-refractivity contribution in [1.29, 1.82) is 0 Å². The molecule has 4 nitrogen and oxygen atoms in total. The van der Waals surface area contributed by atoms with Crippen molar-refractivity contribution in [2.24, 2.45) is 5.73 Å². The first kappa shape index (κ1) is 15.8. The normalized spacial score (nSPS) is 15.6. The summed E-state index contributed by atoms with van der Waals surface area (Å²) in [5.41, 5.74) is 6.13. The highest BCUT2D eigenvalue weighted by molar-refractivity contribution is 7.89. The molecule has 0 bridgehead atoms. The van der Waals surface area contributed by atoms with Crippen molar-refractivity contribution in [2.75, 3.05) is 6.54 Å². The zero-order valence-corrected chi connectivity index (χ0v) is 13.2. The largest absolute Gasteiger partial charge is 0.326 e. The van der Waals surface area contributed by atoms with Crippen molar-refractivity contribution in [3.63, 3.8) is 0 Å². The predicted molar refractivity (Wildman–Crippen MR) is 81.5 cm³/mol. The first-order valence-electron chi connectivity index (χ1n) is 6.22. The third kappa shape index (κ3) is 3.02. The molecule has 1 aromatic rings. The molecule has 110 valence electrons. The van der Waals surface area contributed by atoms with Crippen LogP contribution in [0.2, 0.25) is 10.0 Å². The summed E-state index contributed by atoms with van der Waals surface area (Å²) in [6, 6.07) is 2.92. The predicted octanol–water partition coefficient (Wildman–Crippen LogP) is 2.79. The molecule has 1 aromatic carbocycles. The van der Waals surface area contributed by atoms with Crippen LogP contribution in [0.5, 0.6) is 0 Å². The zero-order chi connectivity index (χ0) is 14.9. The molecule has 1 aliphatic rings. The molecule has 1 saturated carbocycles. The number of hydrogen-bond acceptors (Lipinski definition) is 3. The van der Waals surface area contributed by atoms with Crippen molar-refractivity contribution in [2.45, 2.75) is 30.3 Å². The van der Waals surface area contributed by atoms with Crippen molar-refractivity contribution < 1.29 is 8.42 Å². The summed E-state index contributed by atoms with van der Waals surface area (Å²) in [5.74, 6) is 0. The molecular weight excluding hydrogens is 319 g/mol. The van der Waals surface area contributed by atoms with E-state index in [1.165, 1.54) is 16.4 Å². The van der Waals surface area contributed by atoms with Gasteiger partial charge in [-0.3, -0.25) is 0 Å². The molecule has 2 rings (SSSR count). The van der Waals surface area contributed by atoms with Crippen LogP contribution < -0.4 is 5.73 Å². The summed E-state index contributed by atoms with van der Waals surface area (Å²) >= 11 is 12.0. The minimum Gasteiger partial charge on any atom is -0.326 e. The summed E-state index contributed by atoms with van der Waals surface area (Å²) in [7, 11) is -3.66. The maximum atomic E-state index is 12.7. The Balaban J connectivity index is 2.50. The van der Waals surface area contributed by atoms with E-state index in [-0.39, 0.29) is 29.0 Å². The summed E-state index contributed by atoms with van der Waals surface area (Å²) in [6.45, 7) is 4.03. The highest BCUT2D eigenvalue weighted by Gasteiger charge is 2.38. The topological polar surface area (TPSA) is 63.4 Å². The van der Waals surface area contributed by atoms with Gasteiger partial charge in [0.15, 0.2) is 0 Å². The minimum atomic E-state index is -3.66. The third-order valence-corrected chi connectivity index (χ3v) is 5.91. The Morgan fingerprint density at radius 2 is 2.00 bits per heavy atom. The van der Waals surface area contributed by atoms with Gasteiger partial charge in [-0.2, -0.15) is 4.31 Å². The molecule has 0 saturated heterocycles. The molecule has 0 radical (unpaired) electrons. The standard InChI is InChI=1S/C13H16Cl2N2O2S/c1-2-5-17(10-3-4-10)20(18,19)13-6-9(8-16)11(14)7-12(13)15/h2,6-7,10H,1,3-5,8,16H2. The molecular formula is C13H16Cl2N2O2S. The Bertz CT molecular complexity index is 628. The second-order valence-electron chi connectivity index (χ2n) is 4.67. The molecule has 0 aliphatic heterocycles. The Kier molecular flexibility index (Phi) is 4.76. The lowest BCUT2D eigenvalue weighted by molar-refractivity contribution is 0.436. The fourth-order valence-electron chi connectivity index (χ4n) is 1.98. The van der Waals surface area contributed by atoms with E-state index in [1.807, 2.05) is 0 Å². The smallest absolute Gasteiger partial charge is 0.245 e. The highest BCUT2D eigenvalue weighted by atomic mass is 35.5. The second kappa shape index (κ2) is 6.03. The van der Waals surface area contributed by atoms with E-state index in [1.54, 1.807) is 6.08 Å². The number of nitrogens with two attached hydrogens (primary N) is 1. The third-order valence-electron chi connectivity index (χ3n) is 3.17. The summed E-state index contributed by atoms with van der Waals surface area (Å²) < 4.78 is 26.9. The fourth-order valence-corrected chi connectivity index (χ4v) is 4.49. The quantitative estimate of drug-likeness (QED) is 0.813. The lowest BCUT2D eigenvalue weighted by atomic mass is 10.2. The van der Waals surface area contributed by atoms with Crippen LogP contribution in [0.4, 0.5) is 0 Å². The number of hydrogen-bond donors (Lipinski definition) is 1. The molecule has 0 unspecified atom stereocenters. The average molecular weight is 335 g/mol.